The molecule has 1 aromatic rings. The maximum atomic E-state index is 13.5. The van der Waals surface area contributed by atoms with E-state index >= 15 is 0 Å². The maximum Gasteiger partial charge on any atom is 0.410 e. The molecule has 0 radical (unpaired) electrons. The molecule has 0 saturated carbocycles. The van der Waals surface area contributed by atoms with Gasteiger partial charge in [-0.3, -0.25) is 9.80 Å². The Morgan fingerprint density at radius 2 is 1.27 bits per heavy atom. The van der Waals surface area contributed by atoms with E-state index in [2.05, 4.69) is 27.6 Å². The molecule has 2 aliphatic heterocycles. The molecule has 0 atom stereocenters. The molecule has 2 fully saturated rings. The lowest BCUT2D eigenvalue weighted by Gasteiger charge is -2.34. The summed E-state index contributed by atoms with van der Waals surface area (Å²) < 4.78 is 24.1. The van der Waals surface area contributed by atoms with Gasteiger partial charge in [0.15, 0.2) is 0 Å². The van der Waals surface area contributed by atoms with Gasteiger partial charge in [0.05, 0.1) is 13.1 Å². The van der Waals surface area contributed by atoms with E-state index in [1.165, 1.54) is 6.07 Å². The molecular formula is C31H45FN4O4. The number of terminal acetylenes is 1. The van der Waals surface area contributed by atoms with E-state index in [9.17, 15) is 14.0 Å². The predicted molar refractivity (Wildman–Crippen MR) is 155 cm³/mol. The molecule has 220 valence electrons. The van der Waals surface area contributed by atoms with E-state index in [0.29, 0.717) is 50.4 Å². The van der Waals surface area contributed by atoms with Gasteiger partial charge in [0, 0.05) is 57.9 Å². The van der Waals surface area contributed by atoms with Crippen molar-refractivity contribution in [2.75, 3.05) is 65.4 Å². The van der Waals surface area contributed by atoms with Gasteiger partial charge in [-0.05, 0) is 66.2 Å². The molecule has 0 N–H and O–H groups in total. The fraction of sp³-hybridized carbons (Fsp3) is 0.613. The third kappa shape index (κ3) is 12.3. The standard InChI is InChI=1S/C19H25FN2O2.C12H20N2O2/c1-15-7-8-16(14-17(15)20)6-5-9-21-10-12-22(13-11-21)18(23)24-19(2,3)4;1-5-6-13-7-9-14(10-8-13)11(15)16-12(2,3)4/h7-8,14H,9-13H2,1-4H3;1H,6-10H2,2-4H3. The van der Waals surface area contributed by atoms with Crippen LogP contribution in [0.4, 0.5) is 14.0 Å². The highest BCUT2D eigenvalue weighted by atomic mass is 19.1. The highest BCUT2D eigenvalue weighted by Crippen LogP contribution is 2.13. The van der Waals surface area contributed by atoms with Crippen LogP contribution in [0.5, 0.6) is 0 Å². The molecule has 0 aromatic heterocycles. The molecule has 0 aliphatic carbocycles. The Balaban J connectivity index is 0.000000305. The van der Waals surface area contributed by atoms with Gasteiger partial charge in [0.1, 0.15) is 17.0 Å². The van der Waals surface area contributed by atoms with Crippen LogP contribution >= 0.6 is 0 Å². The zero-order valence-electron chi connectivity index (χ0n) is 25.2. The van der Waals surface area contributed by atoms with E-state index in [0.717, 1.165) is 26.2 Å². The van der Waals surface area contributed by atoms with Crippen LogP contribution < -0.4 is 0 Å². The number of benzene rings is 1. The lowest BCUT2D eigenvalue weighted by molar-refractivity contribution is 0.0146. The molecule has 0 spiro atoms. The fourth-order valence-electron chi connectivity index (χ4n) is 3.88. The van der Waals surface area contributed by atoms with Crippen LogP contribution in [-0.4, -0.2) is 108 Å². The minimum Gasteiger partial charge on any atom is -0.444 e. The number of hydrogen-bond donors (Lipinski definition) is 0. The van der Waals surface area contributed by atoms with E-state index in [-0.39, 0.29) is 18.0 Å². The van der Waals surface area contributed by atoms with Crippen molar-refractivity contribution in [2.24, 2.45) is 0 Å². The Hall–Kier alpha value is -3.27. The average molecular weight is 557 g/mol. The summed E-state index contributed by atoms with van der Waals surface area (Å²) in [7, 11) is 0. The summed E-state index contributed by atoms with van der Waals surface area (Å²) in [6.07, 6.45) is 4.75. The first-order valence-electron chi connectivity index (χ1n) is 13.8. The number of hydrogen-bond acceptors (Lipinski definition) is 6. The Bertz CT molecular complexity index is 1090. The second-order valence-corrected chi connectivity index (χ2v) is 12.0. The highest BCUT2D eigenvalue weighted by molar-refractivity contribution is 5.68. The minimum atomic E-state index is -0.469. The Morgan fingerprint density at radius 1 is 0.825 bits per heavy atom. The zero-order chi connectivity index (χ0) is 29.9. The number of ether oxygens (including phenoxy) is 2. The third-order valence-corrected chi connectivity index (χ3v) is 6.07. The molecule has 1 aromatic carbocycles. The van der Waals surface area contributed by atoms with Gasteiger partial charge >= 0.3 is 12.2 Å². The normalized spacial score (nSPS) is 16.6. The SMILES string of the molecule is C#CCN1CCN(C(=O)OC(C)(C)C)CC1.Cc1ccc(C#CCN2CCN(C(=O)OC(C)(C)C)CC2)cc1F. The minimum absolute atomic E-state index is 0.229. The number of carbonyl (C=O) groups excluding carboxylic acids is 2. The van der Waals surface area contributed by atoms with Crippen LogP contribution in [0.3, 0.4) is 0 Å². The van der Waals surface area contributed by atoms with Crippen molar-refractivity contribution >= 4 is 12.2 Å². The van der Waals surface area contributed by atoms with Gasteiger partial charge < -0.3 is 19.3 Å². The van der Waals surface area contributed by atoms with Gasteiger partial charge in [-0.25, -0.2) is 14.0 Å². The second-order valence-electron chi connectivity index (χ2n) is 12.0. The Morgan fingerprint density at radius 3 is 1.68 bits per heavy atom. The molecule has 0 bridgehead atoms. The van der Waals surface area contributed by atoms with Crippen LogP contribution in [0, 0.1) is 36.9 Å². The van der Waals surface area contributed by atoms with Crippen LogP contribution in [0.25, 0.3) is 0 Å². The summed E-state index contributed by atoms with van der Waals surface area (Å²) >= 11 is 0. The van der Waals surface area contributed by atoms with Crippen LogP contribution in [0.2, 0.25) is 0 Å². The number of nitrogens with zero attached hydrogens (tertiary/aromatic N) is 4. The summed E-state index contributed by atoms with van der Waals surface area (Å²) in [4.78, 5) is 31.5. The molecule has 40 heavy (non-hydrogen) atoms. The fourth-order valence-corrected chi connectivity index (χ4v) is 3.88. The largest absolute Gasteiger partial charge is 0.444 e. The van der Waals surface area contributed by atoms with Crippen LogP contribution in [0.15, 0.2) is 18.2 Å². The summed E-state index contributed by atoms with van der Waals surface area (Å²) in [5, 5.41) is 0. The average Bonchev–Trinajstić information content (AvgIpc) is 2.85. The first-order valence-corrected chi connectivity index (χ1v) is 13.8. The molecule has 2 aliphatic rings. The van der Waals surface area contributed by atoms with Crippen molar-refractivity contribution in [2.45, 2.75) is 59.7 Å². The summed E-state index contributed by atoms with van der Waals surface area (Å²) in [5.41, 5.74) is 0.417. The van der Waals surface area contributed by atoms with Crippen molar-refractivity contribution < 1.29 is 23.5 Å². The van der Waals surface area contributed by atoms with Crippen molar-refractivity contribution in [3.63, 3.8) is 0 Å². The molecule has 2 amide bonds. The van der Waals surface area contributed by atoms with Crippen molar-refractivity contribution in [3.05, 3.63) is 35.1 Å². The number of halogens is 1. The number of amides is 2. The van der Waals surface area contributed by atoms with E-state index < -0.39 is 11.2 Å². The van der Waals surface area contributed by atoms with E-state index in [4.69, 9.17) is 15.9 Å². The molecule has 2 heterocycles. The lowest BCUT2D eigenvalue weighted by Crippen LogP contribution is -2.50. The Labute approximate surface area is 239 Å². The molecule has 9 heteroatoms. The topological polar surface area (TPSA) is 65.6 Å². The predicted octanol–water partition coefficient (Wildman–Crippen LogP) is 4.21. The van der Waals surface area contributed by atoms with E-state index in [1.807, 2.05) is 47.6 Å². The quantitative estimate of drug-likeness (QED) is 0.509. The number of rotatable bonds is 2. The van der Waals surface area contributed by atoms with Crippen molar-refractivity contribution in [1.29, 1.82) is 0 Å². The maximum absolute atomic E-state index is 13.5. The van der Waals surface area contributed by atoms with E-state index in [1.54, 1.807) is 22.8 Å². The molecule has 2 saturated heterocycles. The highest BCUT2D eigenvalue weighted by Gasteiger charge is 2.26. The van der Waals surface area contributed by atoms with Gasteiger partial charge in [0.2, 0.25) is 0 Å². The van der Waals surface area contributed by atoms with Crippen LogP contribution in [0.1, 0.15) is 52.7 Å². The molecule has 3 rings (SSSR count). The smallest absolute Gasteiger partial charge is 0.410 e. The van der Waals surface area contributed by atoms with Gasteiger partial charge in [-0.1, -0.05) is 23.8 Å². The summed E-state index contributed by atoms with van der Waals surface area (Å²) in [5.74, 6) is 8.45. The lowest BCUT2D eigenvalue weighted by atomic mass is 10.1. The summed E-state index contributed by atoms with van der Waals surface area (Å²) in [6, 6.07) is 5.02. The van der Waals surface area contributed by atoms with Gasteiger partial charge in [-0.15, -0.1) is 6.42 Å². The number of carbonyl (C=O) groups is 2. The van der Waals surface area contributed by atoms with Crippen LogP contribution in [-0.2, 0) is 9.47 Å². The Kier molecular flexibility index (Phi) is 12.3. The zero-order valence-corrected chi connectivity index (χ0v) is 25.2. The number of aryl methyl sites for hydroxylation is 1. The summed E-state index contributed by atoms with van der Waals surface area (Å²) in [6.45, 7) is 20.0. The monoisotopic (exact) mass is 556 g/mol. The number of piperazine rings is 2. The van der Waals surface area contributed by atoms with Gasteiger partial charge in [-0.2, -0.15) is 0 Å². The second kappa shape index (κ2) is 14.9. The first kappa shape index (κ1) is 32.9. The van der Waals surface area contributed by atoms with Crippen molar-refractivity contribution in [1.82, 2.24) is 19.6 Å². The first-order chi connectivity index (χ1) is 18.7. The van der Waals surface area contributed by atoms with Gasteiger partial charge in [0.25, 0.3) is 0 Å². The third-order valence-electron chi connectivity index (χ3n) is 6.07. The van der Waals surface area contributed by atoms with Crippen molar-refractivity contribution in [3.8, 4) is 24.2 Å². The molecule has 0 unspecified atom stereocenters. The molecular weight excluding hydrogens is 511 g/mol. The molecule has 8 nitrogen and oxygen atoms in total.